The van der Waals surface area contributed by atoms with Crippen LogP contribution in [0.4, 0.5) is 0 Å². The highest BCUT2D eigenvalue weighted by Crippen LogP contribution is 2.34. The Bertz CT molecular complexity index is 1490. The van der Waals surface area contributed by atoms with Crippen molar-refractivity contribution in [2.45, 2.75) is 12.8 Å². The van der Waals surface area contributed by atoms with E-state index >= 15 is 0 Å². The molecule has 0 radical (unpaired) electrons. The van der Waals surface area contributed by atoms with Gasteiger partial charge in [-0.25, -0.2) is 9.97 Å². The molecule has 0 aliphatic heterocycles. The summed E-state index contributed by atoms with van der Waals surface area (Å²) in [6, 6.07) is 14.6. The Balaban J connectivity index is 1.63. The Morgan fingerprint density at radius 3 is 2.68 bits per heavy atom. The van der Waals surface area contributed by atoms with Crippen molar-refractivity contribution in [3.63, 3.8) is 0 Å². The maximum absolute atomic E-state index is 5.09. The third-order valence-electron chi connectivity index (χ3n) is 5.66. The zero-order valence-electron chi connectivity index (χ0n) is 17.1. The molecule has 4 heterocycles. The molecule has 6 heteroatoms. The molecule has 0 fully saturated rings. The minimum atomic E-state index is 0.723. The molecule has 0 atom stereocenters. The fourth-order valence-corrected chi connectivity index (χ4v) is 4.14. The molecule has 0 unspecified atom stereocenters. The van der Waals surface area contributed by atoms with Crippen molar-refractivity contribution in [2.75, 3.05) is 0 Å². The molecule has 1 aliphatic carbocycles. The van der Waals surface area contributed by atoms with Gasteiger partial charge in [0.05, 0.1) is 17.5 Å². The van der Waals surface area contributed by atoms with Crippen molar-refractivity contribution in [1.82, 2.24) is 29.1 Å². The van der Waals surface area contributed by atoms with Gasteiger partial charge in [0.25, 0.3) is 0 Å². The predicted molar refractivity (Wildman–Crippen MR) is 122 cm³/mol. The standard InChI is InChI=1S/C25H20N6/c1-30-15-22(26-16-30)25-29-28-24-20-14-19(17-8-4-2-5-9-17)23(18-10-6-3-7-11-18)27-21(20)12-13-31(24)25/h2,4-6,8-16H,3,7H2,1H3. The summed E-state index contributed by atoms with van der Waals surface area (Å²) in [4.78, 5) is 9.53. The largest absolute Gasteiger partial charge is 0.340 e. The van der Waals surface area contributed by atoms with E-state index in [1.807, 2.05) is 40.5 Å². The van der Waals surface area contributed by atoms with Gasteiger partial charge in [-0.15, -0.1) is 10.2 Å². The van der Waals surface area contributed by atoms with Gasteiger partial charge in [-0.2, -0.15) is 0 Å². The van der Waals surface area contributed by atoms with Crippen molar-refractivity contribution in [3.05, 3.63) is 85.1 Å². The number of aryl methyl sites for hydroxylation is 1. The zero-order chi connectivity index (χ0) is 20.8. The predicted octanol–water partition coefficient (Wildman–Crippen LogP) is 5.08. The fourth-order valence-electron chi connectivity index (χ4n) is 4.14. The van der Waals surface area contributed by atoms with Crippen LogP contribution in [0, 0.1) is 0 Å². The second-order valence-electron chi connectivity index (χ2n) is 7.78. The molecular weight excluding hydrogens is 384 g/mol. The number of allylic oxidation sites excluding steroid dienone is 4. The molecule has 6 rings (SSSR count). The summed E-state index contributed by atoms with van der Waals surface area (Å²) in [7, 11) is 1.95. The molecule has 6 nitrogen and oxygen atoms in total. The van der Waals surface area contributed by atoms with E-state index in [0.29, 0.717) is 0 Å². The Morgan fingerprint density at radius 1 is 1.00 bits per heavy atom. The number of fused-ring (bicyclic) bond motifs is 3. The van der Waals surface area contributed by atoms with Gasteiger partial charge < -0.3 is 4.57 Å². The average molecular weight is 404 g/mol. The van der Waals surface area contributed by atoms with E-state index < -0.39 is 0 Å². The monoisotopic (exact) mass is 404 g/mol. The van der Waals surface area contributed by atoms with Crippen molar-refractivity contribution in [2.24, 2.45) is 7.05 Å². The van der Waals surface area contributed by atoms with Crippen LogP contribution in [0.5, 0.6) is 0 Å². The van der Waals surface area contributed by atoms with E-state index in [1.54, 1.807) is 6.33 Å². The molecule has 4 aromatic heterocycles. The second-order valence-corrected chi connectivity index (χ2v) is 7.78. The number of hydrogen-bond acceptors (Lipinski definition) is 4. The van der Waals surface area contributed by atoms with Gasteiger partial charge >= 0.3 is 0 Å². The van der Waals surface area contributed by atoms with Crippen LogP contribution < -0.4 is 0 Å². The van der Waals surface area contributed by atoms with Crippen LogP contribution in [0.15, 0.2) is 79.4 Å². The lowest BCUT2D eigenvalue weighted by atomic mass is 9.95. The normalized spacial score (nSPS) is 13.8. The SMILES string of the molecule is Cn1cnc(-c2nnc3c4cc(-c5ccccc5)c(C5=CCCC=C5)nc4ccn23)c1. The summed E-state index contributed by atoms with van der Waals surface area (Å²) < 4.78 is 3.89. The smallest absolute Gasteiger partial charge is 0.188 e. The van der Waals surface area contributed by atoms with E-state index in [2.05, 4.69) is 63.7 Å². The Morgan fingerprint density at radius 2 is 1.90 bits per heavy atom. The quantitative estimate of drug-likeness (QED) is 0.421. The molecule has 1 aromatic carbocycles. The van der Waals surface area contributed by atoms with Crippen LogP contribution in [0.25, 0.3) is 44.8 Å². The van der Waals surface area contributed by atoms with E-state index in [1.165, 1.54) is 5.57 Å². The Kier molecular flexibility index (Phi) is 4.02. The molecule has 0 spiro atoms. The number of hydrogen-bond donors (Lipinski definition) is 0. The Labute approximate surface area is 179 Å². The summed E-state index contributed by atoms with van der Waals surface area (Å²) in [5.41, 5.74) is 6.88. The molecule has 5 aromatic rings. The highest BCUT2D eigenvalue weighted by atomic mass is 15.3. The second kappa shape index (κ2) is 7.02. The first kappa shape index (κ1) is 17.8. The molecule has 0 saturated heterocycles. The van der Waals surface area contributed by atoms with Crippen LogP contribution in [0.2, 0.25) is 0 Å². The average Bonchev–Trinajstić information content (AvgIpc) is 3.45. The van der Waals surface area contributed by atoms with Crippen molar-refractivity contribution < 1.29 is 0 Å². The molecular formula is C25H20N6. The first-order valence-corrected chi connectivity index (χ1v) is 10.4. The zero-order valence-corrected chi connectivity index (χ0v) is 17.1. The van der Waals surface area contributed by atoms with Gasteiger partial charge in [0.2, 0.25) is 0 Å². The van der Waals surface area contributed by atoms with E-state index in [0.717, 1.165) is 57.7 Å². The van der Waals surface area contributed by atoms with Crippen molar-refractivity contribution >= 4 is 22.1 Å². The van der Waals surface area contributed by atoms with Crippen molar-refractivity contribution in [1.29, 1.82) is 0 Å². The topological polar surface area (TPSA) is 60.9 Å². The van der Waals surface area contributed by atoms with Crippen LogP contribution in [-0.2, 0) is 7.05 Å². The summed E-state index contributed by atoms with van der Waals surface area (Å²) in [5, 5.41) is 9.91. The van der Waals surface area contributed by atoms with Crippen LogP contribution in [0.1, 0.15) is 18.5 Å². The number of pyridine rings is 2. The summed E-state index contributed by atoms with van der Waals surface area (Å²) in [6.45, 7) is 0. The van der Waals surface area contributed by atoms with Gasteiger partial charge in [0.1, 0.15) is 5.69 Å². The van der Waals surface area contributed by atoms with Crippen LogP contribution >= 0.6 is 0 Å². The minimum Gasteiger partial charge on any atom is -0.340 e. The summed E-state index contributed by atoms with van der Waals surface area (Å²) in [5.74, 6) is 0.723. The maximum atomic E-state index is 5.09. The first-order valence-electron chi connectivity index (χ1n) is 10.4. The van der Waals surface area contributed by atoms with E-state index in [-0.39, 0.29) is 0 Å². The highest BCUT2D eigenvalue weighted by molar-refractivity contribution is 5.98. The third kappa shape index (κ3) is 2.95. The highest BCUT2D eigenvalue weighted by Gasteiger charge is 2.17. The molecule has 0 amide bonds. The minimum absolute atomic E-state index is 0.723. The molecule has 1 aliphatic rings. The lowest BCUT2D eigenvalue weighted by Gasteiger charge is -2.14. The summed E-state index contributed by atoms with van der Waals surface area (Å²) >= 11 is 0. The lowest BCUT2D eigenvalue weighted by molar-refractivity contribution is 0.913. The van der Waals surface area contributed by atoms with Crippen LogP contribution in [0.3, 0.4) is 0 Å². The third-order valence-corrected chi connectivity index (χ3v) is 5.66. The van der Waals surface area contributed by atoms with Gasteiger partial charge in [-0.1, -0.05) is 48.6 Å². The lowest BCUT2D eigenvalue weighted by Crippen LogP contribution is -1.98. The van der Waals surface area contributed by atoms with Gasteiger partial charge in [0.15, 0.2) is 11.5 Å². The Hall–Kier alpha value is -4.06. The molecule has 150 valence electrons. The van der Waals surface area contributed by atoms with Gasteiger partial charge in [-0.05, 0) is 36.1 Å². The molecule has 0 saturated carbocycles. The number of rotatable bonds is 3. The fraction of sp³-hybridized carbons (Fsp3) is 0.120. The number of aromatic nitrogens is 6. The van der Waals surface area contributed by atoms with Crippen molar-refractivity contribution in [3.8, 4) is 22.6 Å². The van der Waals surface area contributed by atoms with E-state index in [9.17, 15) is 0 Å². The molecule has 0 bridgehead atoms. The van der Waals surface area contributed by atoms with Gasteiger partial charge in [0, 0.05) is 30.4 Å². The number of benzene rings is 1. The molecule has 0 N–H and O–H groups in total. The van der Waals surface area contributed by atoms with Gasteiger partial charge in [-0.3, -0.25) is 4.40 Å². The van der Waals surface area contributed by atoms with E-state index in [4.69, 9.17) is 4.98 Å². The summed E-state index contributed by atoms with van der Waals surface area (Å²) in [6.07, 6.45) is 14.5. The molecule has 31 heavy (non-hydrogen) atoms. The maximum Gasteiger partial charge on any atom is 0.188 e. The van der Waals surface area contributed by atoms with Crippen LogP contribution in [-0.4, -0.2) is 29.1 Å². The first-order chi connectivity index (χ1) is 15.3. The number of nitrogens with zero attached hydrogens (tertiary/aromatic N) is 6. The number of imidazole rings is 1.